The van der Waals surface area contributed by atoms with Gasteiger partial charge < -0.3 is 9.47 Å². The number of unbranched alkanes of at least 4 members (excludes halogenated alkanes) is 8. The second-order valence-electron chi connectivity index (χ2n) is 8.42. The fourth-order valence-corrected chi connectivity index (χ4v) is 3.02. The first-order chi connectivity index (χ1) is 12.9. The third-order valence-corrected chi connectivity index (χ3v) is 4.82. The van der Waals surface area contributed by atoms with E-state index in [-0.39, 0.29) is 11.4 Å². The van der Waals surface area contributed by atoms with E-state index in [2.05, 4.69) is 39.8 Å². The van der Waals surface area contributed by atoms with Crippen LogP contribution in [0.3, 0.4) is 0 Å². The zero-order valence-corrected chi connectivity index (χ0v) is 18.0. The molecule has 0 aliphatic rings. The molecule has 1 rings (SSSR count). The first-order valence-corrected chi connectivity index (χ1v) is 10.8. The third kappa shape index (κ3) is 11.7. The lowest BCUT2D eigenvalue weighted by Gasteiger charge is -2.19. The maximum atomic E-state index is 11.7. The van der Waals surface area contributed by atoms with E-state index >= 15 is 0 Å². The molecule has 1 aromatic rings. The predicted molar refractivity (Wildman–Crippen MR) is 113 cm³/mol. The summed E-state index contributed by atoms with van der Waals surface area (Å²) in [4.78, 5) is 11.7. The van der Waals surface area contributed by atoms with E-state index in [0.29, 0.717) is 19.6 Å². The molecule has 27 heavy (non-hydrogen) atoms. The molecule has 0 saturated heterocycles. The van der Waals surface area contributed by atoms with Crippen LogP contribution in [-0.2, 0) is 14.9 Å². The quantitative estimate of drug-likeness (QED) is 0.264. The summed E-state index contributed by atoms with van der Waals surface area (Å²) in [5.74, 6) is 0.711. The summed E-state index contributed by atoms with van der Waals surface area (Å²) in [6.45, 7) is 9.53. The molecule has 0 spiro atoms. The van der Waals surface area contributed by atoms with Crippen molar-refractivity contribution in [1.82, 2.24) is 0 Å². The standard InChI is InChI=1S/C24H40O3/c1-5-6-7-8-9-10-11-12-13-14-23(25)27-20-19-26-22-17-15-21(16-18-22)24(2,3)4/h15-18H,5-14,19-20H2,1-4H3. The van der Waals surface area contributed by atoms with Crippen molar-refractivity contribution in [3.8, 4) is 5.75 Å². The van der Waals surface area contributed by atoms with Crippen molar-refractivity contribution in [2.24, 2.45) is 0 Å². The van der Waals surface area contributed by atoms with Gasteiger partial charge in [-0.15, -0.1) is 0 Å². The van der Waals surface area contributed by atoms with Crippen molar-refractivity contribution < 1.29 is 14.3 Å². The van der Waals surface area contributed by atoms with E-state index in [1.165, 1.54) is 50.5 Å². The number of hydrogen-bond donors (Lipinski definition) is 0. The van der Waals surface area contributed by atoms with Gasteiger partial charge in [0.1, 0.15) is 19.0 Å². The highest BCUT2D eigenvalue weighted by Gasteiger charge is 2.12. The second-order valence-corrected chi connectivity index (χ2v) is 8.42. The van der Waals surface area contributed by atoms with E-state index in [1.54, 1.807) is 0 Å². The maximum absolute atomic E-state index is 11.7. The summed E-state index contributed by atoms with van der Waals surface area (Å²) in [7, 11) is 0. The van der Waals surface area contributed by atoms with Gasteiger partial charge in [-0.1, -0.05) is 91.2 Å². The number of carbonyl (C=O) groups is 1. The average Bonchev–Trinajstić information content (AvgIpc) is 2.63. The lowest BCUT2D eigenvalue weighted by molar-refractivity contribution is -0.144. The molecule has 154 valence electrons. The monoisotopic (exact) mass is 376 g/mol. The molecular weight excluding hydrogens is 336 g/mol. The molecule has 0 bridgehead atoms. The molecule has 0 aliphatic heterocycles. The molecule has 3 heteroatoms. The molecule has 0 aromatic heterocycles. The van der Waals surface area contributed by atoms with Crippen LogP contribution in [0.15, 0.2) is 24.3 Å². The van der Waals surface area contributed by atoms with Gasteiger partial charge in [0.05, 0.1) is 0 Å². The third-order valence-electron chi connectivity index (χ3n) is 4.82. The summed E-state index contributed by atoms with van der Waals surface area (Å²) < 4.78 is 10.9. The van der Waals surface area contributed by atoms with E-state index in [0.717, 1.165) is 18.6 Å². The Bertz CT molecular complexity index is 499. The van der Waals surface area contributed by atoms with Gasteiger partial charge in [0.25, 0.3) is 0 Å². The number of carbonyl (C=O) groups excluding carboxylic acids is 1. The van der Waals surface area contributed by atoms with Crippen LogP contribution in [0.1, 0.15) is 97.5 Å². The van der Waals surface area contributed by atoms with Crippen LogP contribution in [0.25, 0.3) is 0 Å². The summed E-state index contributed by atoms with van der Waals surface area (Å²) in [6.07, 6.45) is 11.8. The Hall–Kier alpha value is -1.51. The molecule has 0 aliphatic carbocycles. The van der Waals surface area contributed by atoms with Gasteiger partial charge in [-0.3, -0.25) is 4.79 Å². The first kappa shape index (κ1) is 23.5. The molecule has 1 aromatic carbocycles. The van der Waals surface area contributed by atoms with Crippen molar-refractivity contribution in [2.75, 3.05) is 13.2 Å². The van der Waals surface area contributed by atoms with Gasteiger partial charge in [0.15, 0.2) is 0 Å². The Morgan fingerprint density at radius 3 is 1.93 bits per heavy atom. The largest absolute Gasteiger partial charge is 0.490 e. The summed E-state index contributed by atoms with van der Waals surface area (Å²) in [6, 6.07) is 8.13. The SMILES string of the molecule is CCCCCCCCCCCC(=O)OCCOc1ccc(C(C)(C)C)cc1. The molecule has 0 radical (unpaired) electrons. The van der Waals surface area contributed by atoms with Crippen LogP contribution in [0.5, 0.6) is 5.75 Å². The Balaban J connectivity index is 1.99. The highest BCUT2D eigenvalue weighted by atomic mass is 16.6. The molecule has 0 saturated carbocycles. The van der Waals surface area contributed by atoms with E-state index in [9.17, 15) is 4.79 Å². The Labute approximate surface area is 166 Å². The maximum Gasteiger partial charge on any atom is 0.305 e. The molecule has 0 unspecified atom stereocenters. The van der Waals surface area contributed by atoms with E-state index in [4.69, 9.17) is 9.47 Å². The first-order valence-electron chi connectivity index (χ1n) is 10.8. The Kier molecular flexibility index (Phi) is 11.9. The van der Waals surface area contributed by atoms with Gasteiger partial charge in [-0.25, -0.2) is 0 Å². The highest BCUT2D eigenvalue weighted by Crippen LogP contribution is 2.24. The molecule has 0 amide bonds. The normalized spacial score (nSPS) is 11.4. The number of rotatable bonds is 14. The van der Waals surface area contributed by atoms with Crippen LogP contribution in [0.4, 0.5) is 0 Å². The van der Waals surface area contributed by atoms with Gasteiger partial charge in [0, 0.05) is 6.42 Å². The Morgan fingerprint density at radius 2 is 1.37 bits per heavy atom. The number of ether oxygens (including phenoxy) is 2. The highest BCUT2D eigenvalue weighted by molar-refractivity contribution is 5.69. The minimum Gasteiger partial charge on any atom is -0.490 e. The number of benzene rings is 1. The van der Waals surface area contributed by atoms with E-state index in [1.807, 2.05) is 12.1 Å². The second kappa shape index (κ2) is 13.6. The summed E-state index contributed by atoms with van der Waals surface area (Å²) in [5.41, 5.74) is 1.42. The van der Waals surface area contributed by atoms with Crippen molar-refractivity contribution in [3.63, 3.8) is 0 Å². The molecule has 0 atom stereocenters. The summed E-state index contributed by atoms with van der Waals surface area (Å²) in [5, 5.41) is 0. The van der Waals surface area contributed by atoms with Gasteiger partial charge >= 0.3 is 5.97 Å². The fourth-order valence-electron chi connectivity index (χ4n) is 3.02. The smallest absolute Gasteiger partial charge is 0.305 e. The van der Waals surface area contributed by atoms with Crippen molar-refractivity contribution >= 4 is 5.97 Å². The molecule has 0 fully saturated rings. The van der Waals surface area contributed by atoms with Crippen LogP contribution < -0.4 is 4.74 Å². The van der Waals surface area contributed by atoms with Crippen molar-refractivity contribution in [3.05, 3.63) is 29.8 Å². The Morgan fingerprint density at radius 1 is 0.815 bits per heavy atom. The zero-order valence-electron chi connectivity index (χ0n) is 18.0. The molecule has 0 N–H and O–H groups in total. The van der Waals surface area contributed by atoms with Crippen LogP contribution in [0.2, 0.25) is 0 Å². The number of hydrogen-bond acceptors (Lipinski definition) is 3. The lowest BCUT2D eigenvalue weighted by atomic mass is 9.87. The zero-order chi connectivity index (χ0) is 20.0. The van der Waals surface area contributed by atoms with Crippen LogP contribution in [-0.4, -0.2) is 19.2 Å². The fraction of sp³-hybridized carbons (Fsp3) is 0.708. The lowest BCUT2D eigenvalue weighted by Crippen LogP contribution is -2.13. The minimum atomic E-state index is -0.107. The summed E-state index contributed by atoms with van der Waals surface area (Å²) >= 11 is 0. The van der Waals surface area contributed by atoms with Gasteiger partial charge in [0.2, 0.25) is 0 Å². The van der Waals surface area contributed by atoms with Gasteiger partial charge in [-0.2, -0.15) is 0 Å². The predicted octanol–water partition coefficient (Wildman–Crippen LogP) is 6.83. The van der Waals surface area contributed by atoms with Crippen LogP contribution in [0, 0.1) is 0 Å². The van der Waals surface area contributed by atoms with Crippen molar-refractivity contribution in [1.29, 1.82) is 0 Å². The van der Waals surface area contributed by atoms with E-state index < -0.39 is 0 Å². The van der Waals surface area contributed by atoms with Crippen molar-refractivity contribution in [2.45, 2.75) is 97.3 Å². The molecule has 3 nitrogen and oxygen atoms in total. The van der Waals surface area contributed by atoms with Crippen LogP contribution >= 0.6 is 0 Å². The molecular formula is C24H40O3. The number of esters is 1. The molecule has 0 heterocycles. The average molecular weight is 377 g/mol. The topological polar surface area (TPSA) is 35.5 Å². The minimum absolute atomic E-state index is 0.107. The van der Waals surface area contributed by atoms with Gasteiger partial charge in [-0.05, 0) is 29.5 Å².